The molecule has 6 nitrogen and oxygen atoms in total. The Labute approximate surface area is 190 Å². The van der Waals surface area contributed by atoms with Crippen LogP contribution in [0.15, 0.2) is 77.2 Å². The zero-order chi connectivity index (χ0) is 22.3. The van der Waals surface area contributed by atoms with Crippen LogP contribution in [0.4, 0.5) is 0 Å². The number of nitrogens with zero attached hydrogens (tertiary/aromatic N) is 1. The van der Waals surface area contributed by atoms with Crippen LogP contribution in [-0.2, 0) is 11.3 Å². The number of benzene rings is 3. The normalized spacial score (nSPS) is 12.0. The summed E-state index contributed by atoms with van der Waals surface area (Å²) in [4.78, 5) is 15.4. The van der Waals surface area contributed by atoms with E-state index in [-0.39, 0.29) is 12.5 Å². The lowest BCUT2D eigenvalue weighted by atomic mass is 9.95. The Balaban J connectivity index is 1.42. The van der Waals surface area contributed by atoms with Crippen molar-refractivity contribution < 1.29 is 19.1 Å². The van der Waals surface area contributed by atoms with Crippen molar-refractivity contribution in [1.82, 2.24) is 10.3 Å². The molecule has 1 atom stereocenters. The summed E-state index contributed by atoms with van der Waals surface area (Å²) in [5.41, 5.74) is 3.71. The molecule has 0 saturated heterocycles. The monoisotopic (exact) mass is 450 g/mol. The van der Waals surface area contributed by atoms with Crippen molar-refractivity contribution in [2.45, 2.75) is 18.9 Å². The lowest BCUT2D eigenvalue weighted by molar-refractivity contribution is -0.139. The molecule has 1 heterocycles. The highest BCUT2D eigenvalue weighted by molar-refractivity contribution is 6.30. The van der Waals surface area contributed by atoms with Crippen LogP contribution in [0, 0.1) is 0 Å². The summed E-state index contributed by atoms with van der Waals surface area (Å²) in [6, 6.07) is 22.9. The number of para-hydroxylation sites is 2. The number of oxazole rings is 1. The van der Waals surface area contributed by atoms with Gasteiger partial charge in [-0.3, -0.25) is 0 Å². The maximum Gasteiger partial charge on any atom is 0.341 e. The van der Waals surface area contributed by atoms with Crippen LogP contribution in [0.1, 0.15) is 29.4 Å². The van der Waals surface area contributed by atoms with Gasteiger partial charge in [0.2, 0.25) is 5.89 Å². The first kappa shape index (κ1) is 21.9. The molecule has 7 heteroatoms. The highest BCUT2D eigenvalue weighted by atomic mass is 35.5. The van der Waals surface area contributed by atoms with Crippen LogP contribution in [-0.4, -0.2) is 29.2 Å². The summed E-state index contributed by atoms with van der Waals surface area (Å²) in [7, 11) is 0. The standard InChI is InChI=1S/C25H23ClN2O4/c26-19-10-8-18(9-11-19)21(25-28-22-6-1-2-7-23(22)32-25)12-13-27-15-17-4-3-5-20(14-17)31-16-24(29)30/h1-11,14,21,27H,12-13,15-16H2,(H,29,30). The van der Waals surface area contributed by atoms with E-state index in [9.17, 15) is 4.79 Å². The number of halogens is 1. The summed E-state index contributed by atoms with van der Waals surface area (Å²) < 4.78 is 11.3. The fourth-order valence-corrected chi connectivity index (χ4v) is 3.66. The topological polar surface area (TPSA) is 84.6 Å². The smallest absolute Gasteiger partial charge is 0.341 e. The quantitative estimate of drug-likeness (QED) is 0.321. The number of carbonyl (C=O) groups is 1. The number of ether oxygens (including phenoxy) is 1. The molecule has 2 N–H and O–H groups in total. The molecule has 1 aromatic heterocycles. The Morgan fingerprint density at radius 1 is 1.09 bits per heavy atom. The predicted octanol–water partition coefficient (Wildman–Crippen LogP) is 5.26. The second kappa shape index (κ2) is 10.3. The van der Waals surface area contributed by atoms with E-state index in [1.807, 2.05) is 66.7 Å². The van der Waals surface area contributed by atoms with Crippen molar-refractivity contribution in [3.05, 3.63) is 94.8 Å². The van der Waals surface area contributed by atoms with Gasteiger partial charge in [0.15, 0.2) is 12.2 Å². The maximum atomic E-state index is 10.7. The molecule has 32 heavy (non-hydrogen) atoms. The van der Waals surface area contributed by atoms with Crippen molar-refractivity contribution >= 4 is 28.7 Å². The van der Waals surface area contributed by atoms with E-state index in [1.165, 1.54) is 0 Å². The number of hydrogen-bond acceptors (Lipinski definition) is 5. The Bertz CT molecular complexity index is 1160. The van der Waals surface area contributed by atoms with E-state index in [4.69, 9.17) is 30.8 Å². The van der Waals surface area contributed by atoms with Crippen molar-refractivity contribution in [2.75, 3.05) is 13.2 Å². The minimum absolute atomic E-state index is 0.0163. The Morgan fingerprint density at radius 3 is 2.69 bits per heavy atom. The van der Waals surface area contributed by atoms with Gasteiger partial charge < -0.3 is 19.6 Å². The zero-order valence-corrected chi connectivity index (χ0v) is 18.1. The molecule has 1 unspecified atom stereocenters. The number of aliphatic carboxylic acids is 1. The third-order valence-electron chi connectivity index (χ3n) is 5.08. The molecule has 0 amide bonds. The molecule has 0 bridgehead atoms. The van der Waals surface area contributed by atoms with Gasteiger partial charge >= 0.3 is 5.97 Å². The molecule has 4 aromatic rings. The van der Waals surface area contributed by atoms with E-state index in [2.05, 4.69) is 5.32 Å². The summed E-state index contributed by atoms with van der Waals surface area (Å²) in [5, 5.41) is 12.9. The molecular weight excluding hydrogens is 428 g/mol. The van der Waals surface area contributed by atoms with Crippen molar-refractivity contribution in [2.24, 2.45) is 0 Å². The number of hydrogen-bond donors (Lipinski definition) is 2. The van der Waals surface area contributed by atoms with E-state index in [0.29, 0.717) is 23.2 Å². The van der Waals surface area contributed by atoms with E-state index < -0.39 is 5.97 Å². The fraction of sp³-hybridized carbons (Fsp3) is 0.200. The number of carboxylic acids is 1. The lowest BCUT2D eigenvalue weighted by Gasteiger charge is -2.15. The summed E-state index contributed by atoms with van der Waals surface area (Å²) in [6.07, 6.45) is 0.781. The van der Waals surface area contributed by atoms with Gasteiger partial charge in [-0.25, -0.2) is 9.78 Å². The zero-order valence-electron chi connectivity index (χ0n) is 17.3. The average molecular weight is 451 g/mol. The second-order valence-electron chi connectivity index (χ2n) is 7.42. The minimum atomic E-state index is -0.999. The molecule has 4 rings (SSSR count). The van der Waals surface area contributed by atoms with Crippen LogP contribution in [0.25, 0.3) is 11.1 Å². The van der Waals surface area contributed by atoms with E-state index >= 15 is 0 Å². The van der Waals surface area contributed by atoms with Crippen molar-refractivity contribution in [3.8, 4) is 5.75 Å². The number of carboxylic acid groups (broad SMARTS) is 1. The van der Waals surface area contributed by atoms with Crippen LogP contribution >= 0.6 is 11.6 Å². The highest BCUT2D eigenvalue weighted by Crippen LogP contribution is 2.30. The van der Waals surface area contributed by atoms with Crippen LogP contribution in [0.3, 0.4) is 0 Å². The lowest BCUT2D eigenvalue weighted by Crippen LogP contribution is -2.18. The molecule has 0 aliphatic rings. The van der Waals surface area contributed by atoms with Gasteiger partial charge in [-0.05, 0) is 60.5 Å². The van der Waals surface area contributed by atoms with Gasteiger partial charge in [0.05, 0.1) is 5.92 Å². The molecule has 0 fully saturated rings. The Morgan fingerprint density at radius 2 is 1.91 bits per heavy atom. The molecule has 0 aliphatic heterocycles. The third kappa shape index (κ3) is 5.66. The number of aromatic nitrogens is 1. The number of fused-ring (bicyclic) bond motifs is 1. The molecule has 164 valence electrons. The van der Waals surface area contributed by atoms with Crippen LogP contribution in [0.2, 0.25) is 5.02 Å². The minimum Gasteiger partial charge on any atom is -0.482 e. The van der Waals surface area contributed by atoms with Gasteiger partial charge in [0.25, 0.3) is 0 Å². The van der Waals surface area contributed by atoms with Crippen molar-refractivity contribution in [1.29, 1.82) is 0 Å². The summed E-state index contributed by atoms with van der Waals surface area (Å²) >= 11 is 6.08. The first-order valence-electron chi connectivity index (χ1n) is 10.3. The van der Waals surface area contributed by atoms with E-state index in [0.717, 1.165) is 35.2 Å². The molecule has 0 saturated carbocycles. The van der Waals surface area contributed by atoms with Gasteiger partial charge in [-0.1, -0.05) is 48.0 Å². The first-order chi connectivity index (χ1) is 15.6. The molecule has 3 aromatic carbocycles. The molecule has 0 spiro atoms. The highest BCUT2D eigenvalue weighted by Gasteiger charge is 2.20. The van der Waals surface area contributed by atoms with Gasteiger partial charge in [0, 0.05) is 11.6 Å². The van der Waals surface area contributed by atoms with Gasteiger partial charge in [-0.2, -0.15) is 0 Å². The van der Waals surface area contributed by atoms with E-state index in [1.54, 1.807) is 6.07 Å². The summed E-state index contributed by atoms with van der Waals surface area (Å²) in [6.45, 7) is 1.00. The Hall–Kier alpha value is -3.35. The largest absolute Gasteiger partial charge is 0.482 e. The second-order valence-corrected chi connectivity index (χ2v) is 7.86. The first-order valence-corrected chi connectivity index (χ1v) is 10.7. The maximum absolute atomic E-state index is 10.7. The fourth-order valence-electron chi connectivity index (χ4n) is 3.54. The van der Waals surface area contributed by atoms with Gasteiger partial charge in [-0.15, -0.1) is 0 Å². The summed E-state index contributed by atoms with van der Waals surface area (Å²) in [5.74, 6) is 0.204. The molecule has 0 radical (unpaired) electrons. The van der Waals surface area contributed by atoms with Gasteiger partial charge in [0.1, 0.15) is 11.3 Å². The Kier molecular flexibility index (Phi) is 7.04. The SMILES string of the molecule is O=C(O)COc1cccc(CNCCC(c2ccc(Cl)cc2)c2nc3ccccc3o2)c1. The molecular formula is C25H23ClN2O4. The number of rotatable bonds is 10. The third-order valence-corrected chi connectivity index (χ3v) is 5.33. The predicted molar refractivity (Wildman–Crippen MR) is 123 cm³/mol. The average Bonchev–Trinajstić information content (AvgIpc) is 3.23. The molecule has 0 aliphatic carbocycles. The van der Waals surface area contributed by atoms with Crippen LogP contribution in [0.5, 0.6) is 5.75 Å². The van der Waals surface area contributed by atoms with Crippen LogP contribution < -0.4 is 10.1 Å². The van der Waals surface area contributed by atoms with Crippen molar-refractivity contribution in [3.63, 3.8) is 0 Å². The number of nitrogens with one attached hydrogen (secondary N) is 1.